The van der Waals surface area contributed by atoms with Crippen LogP contribution < -0.4 is 9.62 Å². The molecule has 190 valence electrons. The minimum absolute atomic E-state index is 0.00636. The van der Waals surface area contributed by atoms with Gasteiger partial charge in [-0.15, -0.1) is 0 Å². The normalized spacial score (nSPS) is 14.9. The Morgan fingerprint density at radius 2 is 1.69 bits per heavy atom. The van der Waals surface area contributed by atoms with Crippen LogP contribution in [0, 0.1) is 11.3 Å². The van der Waals surface area contributed by atoms with E-state index in [1.807, 2.05) is 18.2 Å². The first kappa shape index (κ1) is 27.1. The molecule has 0 unspecified atom stereocenters. The molecule has 0 bridgehead atoms. The van der Waals surface area contributed by atoms with Gasteiger partial charge in [-0.3, -0.25) is 0 Å². The van der Waals surface area contributed by atoms with Crippen molar-refractivity contribution in [3.8, 4) is 6.07 Å². The van der Waals surface area contributed by atoms with Gasteiger partial charge in [0.1, 0.15) is 0 Å². The lowest BCUT2D eigenvalue weighted by Crippen LogP contribution is -2.29. The molecule has 9 heteroatoms. The van der Waals surface area contributed by atoms with Gasteiger partial charge in [0.15, 0.2) is 0 Å². The Morgan fingerprint density at radius 1 is 1.00 bits per heavy atom. The van der Waals surface area contributed by atoms with Gasteiger partial charge in [0, 0.05) is 32.4 Å². The van der Waals surface area contributed by atoms with Gasteiger partial charge >= 0.3 is 0 Å². The molecule has 35 heavy (non-hydrogen) atoms. The van der Waals surface area contributed by atoms with Crippen molar-refractivity contribution in [1.29, 1.82) is 5.26 Å². The number of piperidine rings is 1. The fourth-order valence-electron chi connectivity index (χ4n) is 4.03. The van der Waals surface area contributed by atoms with E-state index < -0.39 is 10.0 Å². The van der Waals surface area contributed by atoms with Crippen LogP contribution in [0.3, 0.4) is 0 Å². The van der Waals surface area contributed by atoms with E-state index in [-0.39, 0.29) is 19.6 Å². The van der Waals surface area contributed by atoms with Crippen LogP contribution in [0.2, 0.25) is 0 Å². The van der Waals surface area contributed by atoms with Crippen LogP contribution in [0.4, 0.5) is 5.69 Å². The average molecular weight is 502 g/mol. The van der Waals surface area contributed by atoms with E-state index in [9.17, 15) is 13.7 Å². The van der Waals surface area contributed by atoms with Crippen LogP contribution >= 0.6 is 0 Å². The number of hydrogen-bond donors (Lipinski definition) is 1. The monoisotopic (exact) mass is 501 g/mol. The lowest BCUT2D eigenvalue weighted by Gasteiger charge is -2.29. The lowest BCUT2D eigenvalue weighted by atomic mass is 10.00. The Balaban J connectivity index is 1.61. The second-order valence-corrected chi connectivity index (χ2v) is 10.0. The first-order valence-corrected chi connectivity index (χ1v) is 13.6. The predicted octanol–water partition coefficient (Wildman–Crippen LogP) is 3.68. The minimum atomic E-state index is -3.73. The van der Waals surface area contributed by atoms with Crippen molar-refractivity contribution >= 4 is 32.1 Å². The molecule has 1 aliphatic rings. The Hall–Kier alpha value is -2.48. The summed E-state index contributed by atoms with van der Waals surface area (Å²) >= 11 is 0. The van der Waals surface area contributed by atoms with E-state index in [2.05, 4.69) is 33.9 Å². The summed E-state index contributed by atoms with van der Waals surface area (Å²) in [6, 6.07) is 14.3. The Labute approximate surface area is 208 Å². The number of methoxy groups -OCH3 is 1. The largest absolute Gasteiger partial charge is 0.382 e. The molecule has 2 aromatic rings. The van der Waals surface area contributed by atoms with Crippen molar-refractivity contribution < 1.29 is 22.6 Å². The number of fused-ring (bicyclic) bond motifs is 1. The standard InChI is InChI=1S/C26H35N3O5S/c1-32-15-16-34-18-17-33-14-11-28-35(30,31)21-25(9-10-27)23-5-6-24-20-26(8-7-22(24)19-23)29-12-3-2-4-13-29/h5-8,19-21,28H,2-4,9,11-18H2,1H3/b25-21+. The van der Waals surface area contributed by atoms with Gasteiger partial charge in [-0.1, -0.05) is 18.2 Å². The van der Waals surface area contributed by atoms with Gasteiger partial charge in [0.25, 0.3) is 0 Å². The van der Waals surface area contributed by atoms with Gasteiger partial charge in [-0.25, -0.2) is 13.1 Å². The number of hydrogen-bond acceptors (Lipinski definition) is 7. The van der Waals surface area contributed by atoms with Crippen molar-refractivity contribution in [3.63, 3.8) is 0 Å². The third-order valence-corrected chi connectivity index (χ3v) is 7.04. The van der Waals surface area contributed by atoms with Gasteiger partial charge < -0.3 is 19.1 Å². The molecule has 1 N–H and O–H groups in total. The summed E-state index contributed by atoms with van der Waals surface area (Å²) < 4.78 is 43.2. The van der Waals surface area contributed by atoms with Crippen LogP contribution in [0.25, 0.3) is 16.3 Å². The molecule has 0 amide bonds. The molecule has 0 aliphatic carbocycles. The number of anilines is 1. The van der Waals surface area contributed by atoms with Crippen LogP contribution in [0.5, 0.6) is 0 Å². The second-order valence-electron chi connectivity index (χ2n) is 8.43. The highest BCUT2D eigenvalue weighted by molar-refractivity contribution is 7.92. The highest BCUT2D eigenvalue weighted by Crippen LogP contribution is 2.28. The quantitative estimate of drug-likeness (QED) is 0.394. The molecule has 1 aliphatic heterocycles. The smallest absolute Gasteiger partial charge is 0.234 e. The highest BCUT2D eigenvalue weighted by Gasteiger charge is 2.13. The van der Waals surface area contributed by atoms with E-state index in [4.69, 9.17) is 14.2 Å². The predicted molar refractivity (Wildman–Crippen MR) is 139 cm³/mol. The van der Waals surface area contributed by atoms with Crippen molar-refractivity contribution in [1.82, 2.24) is 4.72 Å². The summed E-state index contributed by atoms with van der Waals surface area (Å²) in [5.41, 5.74) is 2.39. The number of sulfonamides is 1. The summed E-state index contributed by atoms with van der Waals surface area (Å²) in [5.74, 6) is 0. The number of nitriles is 1. The number of allylic oxidation sites excluding steroid dienone is 1. The molecule has 2 aromatic carbocycles. The first-order valence-electron chi connectivity index (χ1n) is 12.0. The minimum Gasteiger partial charge on any atom is -0.382 e. The van der Waals surface area contributed by atoms with Gasteiger partial charge in [-0.05, 0) is 59.4 Å². The van der Waals surface area contributed by atoms with E-state index in [0.29, 0.717) is 32.0 Å². The van der Waals surface area contributed by atoms with Crippen LogP contribution in [0.1, 0.15) is 31.2 Å². The second kappa shape index (κ2) is 14.2. The lowest BCUT2D eigenvalue weighted by molar-refractivity contribution is 0.0263. The fourth-order valence-corrected chi connectivity index (χ4v) is 5.07. The van der Waals surface area contributed by atoms with Gasteiger partial charge in [0.05, 0.1) is 50.9 Å². The maximum absolute atomic E-state index is 12.6. The Bertz CT molecular complexity index is 1120. The maximum atomic E-state index is 12.6. The van der Waals surface area contributed by atoms with E-state index in [1.165, 1.54) is 24.9 Å². The fraction of sp³-hybridized carbons (Fsp3) is 0.500. The SMILES string of the molecule is COCCOCCOCCNS(=O)(=O)/C=C(\CC#N)c1ccc2cc(N3CCCCC3)ccc2c1. The summed E-state index contributed by atoms with van der Waals surface area (Å²) in [4.78, 5) is 2.41. The average Bonchev–Trinajstić information content (AvgIpc) is 2.87. The molecule has 0 spiro atoms. The molecule has 0 radical (unpaired) electrons. The van der Waals surface area contributed by atoms with E-state index >= 15 is 0 Å². The number of ether oxygens (including phenoxy) is 3. The Morgan fingerprint density at radius 3 is 2.43 bits per heavy atom. The zero-order valence-corrected chi connectivity index (χ0v) is 21.2. The summed E-state index contributed by atoms with van der Waals surface area (Å²) in [5, 5.41) is 12.5. The topological polar surface area (TPSA) is 101 Å². The molecule has 0 saturated carbocycles. The van der Waals surface area contributed by atoms with Crippen molar-refractivity contribution in [2.45, 2.75) is 25.7 Å². The van der Waals surface area contributed by atoms with Crippen LogP contribution in [-0.2, 0) is 24.2 Å². The molecule has 0 atom stereocenters. The van der Waals surface area contributed by atoms with Crippen LogP contribution in [0.15, 0.2) is 41.8 Å². The molecule has 1 fully saturated rings. The Kier molecular flexibility index (Phi) is 11.0. The third-order valence-electron chi connectivity index (χ3n) is 5.84. The molecular formula is C26H35N3O5S. The number of nitrogens with one attached hydrogen (secondary N) is 1. The number of rotatable bonds is 14. The van der Waals surface area contributed by atoms with E-state index in [1.54, 1.807) is 7.11 Å². The molecule has 1 heterocycles. The summed E-state index contributed by atoms with van der Waals surface area (Å²) in [6.45, 7) is 4.33. The van der Waals surface area contributed by atoms with Crippen molar-refractivity contribution in [2.24, 2.45) is 0 Å². The van der Waals surface area contributed by atoms with Crippen molar-refractivity contribution in [3.05, 3.63) is 47.4 Å². The molecule has 8 nitrogen and oxygen atoms in total. The third kappa shape index (κ3) is 8.91. The maximum Gasteiger partial charge on any atom is 0.234 e. The zero-order valence-electron chi connectivity index (χ0n) is 20.4. The van der Waals surface area contributed by atoms with Crippen LogP contribution in [-0.4, -0.2) is 68.2 Å². The zero-order chi connectivity index (χ0) is 24.9. The van der Waals surface area contributed by atoms with Gasteiger partial charge in [0.2, 0.25) is 10.0 Å². The van der Waals surface area contributed by atoms with E-state index in [0.717, 1.165) is 34.8 Å². The van der Waals surface area contributed by atoms with Crippen molar-refractivity contribution in [2.75, 3.05) is 64.7 Å². The summed E-state index contributed by atoms with van der Waals surface area (Å²) in [7, 11) is -2.12. The summed E-state index contributed by atoms with van der Waals surface area (Å²) in [6.07, 6.45) is 3.72. The molecule has 1 saturated heterocycles. The first-order chi connectivity index (χ1) is 17.0. The molecule has 0 aromatic heterocycles. The number of benzene rings is 2. The molecule has 3 rings (SSSR count). The van der Waals surface area contributed by atoms with Gasteiger partial charge in [-0.2, -0.15) is 5.26 Å². The highest BCUT2D eigenvalue weighted by atomic mass is 32.2. The number of nitrogens with zero attached hydrogens (tertiary/aromatic N) is 2. The molecular weight excluding hydrogens is 466 g/mol.